The van der Waals surface area contributed by atoms with E-state index in [2.05, 4.69) is 11.1 Å². The molecule has 0 saturated heterocycles. The molecule has 0 unspecified atom stereocenters. The summed E-state index contributed by atoms with van der Waals surface area (Å²) in [4.78, 5) is 15.8. The van der Waals surface area contributed by atoms with Gasteiger partial charge in [0.1, 0.15) is 5.75 Å². The van der Waals surface area contributed by atoms with E-state index in [9.17, 15) is 10.1 Å². The molecule has 4 rings (SSSR count). The first-order valence-corrected chi connectivity index (χ1v) is 10.3. The van der Waals surface area contributed by atoms with Crippen LogP contribution in [0.25, 0.3) is 22.6 Å². The van der Waals surface area contributed by atoms with E-state index in [1.165, 1.54) is 7.11 Å². The summed E-state index contributed by atoms with van der Waals surface area (Å²) in [6.45, 7) is 0. The number of benzene rings is 3. The highest BCUT2D eigenvalue weighted by molar-refractivity contribution is 5.92. The van der Waals surface area contributed by atoms with Crippen molar-refractivity contribution in [3.8, 4) is 23.3 Å². The molecule has 0 aliphatic carbocycles. The highest BCUT2D eigenvalue weighted by Crippen LogP contribution is 2.32. The lowest BCUT2D eigenvalue weighted by atomic mass is 10.0. The number of ether oxygens (including phenoxy) is 3. The summed E-state index contributed by atoms with van der Waals surface area (Å²) in [7, 11) is 3.07. The van der Waals surface area contributed by atoms with Crippen molar-refractivity contribution in [3.63, 3.8) is 0 Å². The Bertz CT molecular complexity index is 1380. The van der Waals surface area contributed by atoms with Crippen LogP contribution < -0.4 is 14.2 Å². The molecule has 1 heterocycles. The monoisotopic (exact) mass is 438 g/mol. The van der Waals surface area contributed by atoms with Crippen LogP contribution in [-0.4, -0.2) is 25.2 Å². The van der Waals surface area contributed by atoms with Crippen molar-refractivity contribution in [2.45, 2.75) is 6.42 Å². The van der Waals surface area contributed by atoms with Crippen LogP contribution in [0.15, 0.2) is 72.9 Å². The van der Waals surface area contributed by atoms with E-state index < -0.39 is 5.97 Å². The smallest absolute Gasteiger partial charge is 0.315 e. The number of H-pyrrole nitrogens is 1. The number of hydrogen-bond acceptors (Lipinski definition) is 5. The van der Waals surface area contributed by atoms with E-state index >= 15 is 0 Å². The van der Waals surface area contributed by atoms with Crippen LogP contribution >= 0.6 is 0 Å². The van der Waals surface area contributed by atoms with Crippen LogP contribution in [0.2, 0.25) is 0 Å². The lowest BCUT2D eigenvalue weighted by molar-refractivity contribution is -0.133. The number of nitrogens with one attached hydrogen (secondary N) is 1. The van der Waals surface area contributed by atoms with Crippen molar-refractivity contribution in [2.24, 2.45) is 0 Å². The summed E-state index contributed by atoms with van der Waals surface area (Å²) in [5, 5.41) is 10.7. The molecule has 1 aromatic heterocycles. The van der Waals surface area contributed by atoms with Gasteiger partial charge >= 0.3 is 5.97 Å². The second-order valence-electron chi connectivity index (χ2n) is 7.29. The number of aromatic amines is 1. The Labute approximate surface area is 191 Å². The highest BCUT2D eigenvalue weighted by Gasteiger charge is 2.14. The van der Waals surface area contributed by atoms with Gasteiger partial charge < -0.3 is 19.2 Å². The maximum Gasteiger partial charge on any atom is 0.315 e. The predicted octanol–water partition coefficient (Wildman–Crippen LogP) is 5.40. The van der Waals surface area contributed by atoms with Crippen LogP contribution in [-0.2, 0) is 11.2 Å². The fourth-order valence-corrected chi connectivity index (χ4v) is 3.65. The highest BCUT2D eigenvalue weighted by atomic mass is 16.6. The van der Waals surface area contributed by atoms with E-state index in [4.69, 9.17) is 14.2 Å². The second-order valence-corrected chi connectivity index (χ2v) is 7.29. The SMILES string of the molecule is COc1cc(/C=C(/C#N)c2ccccc2OC)ccc1OC(=O)Cc1c[nH]c2ccccc12. The number of carbonyl (C=O) groups excluding carboxylic acids is 1. The molecular formula is C27H22N2O4. The van der Waals surface area contributed by atoms with Gasteiger partial charge in [-0.2, -0.15) is 5.26 Å². The summed E-state index contributed by atoms with van der Waals surface area (Å²) < 4.78 is 16.4. The van der Waals surface area contributed by atoms with Crippen molar-refractivity contribution in [3.05, 3.63) is 89.6 Å². The van der Waals surface area contributed by atoms with Crippen LogP contribution in [0.4, 0.5) is 0 Å². The van der Waals surface area contributed by atoms with Gasteiger partial charge in [-0.25, -0.2) is 0 Å². The third-order valence-electron chi connectivity index (χ3n) is 5.25. The lowest BCUT2D eigenvalue weighted by Crippen LogP contribution is -2.11. The standard InChI is InChI=1S/C27H22N2O4/c1-31-24-10-6-4-8-22(24)19(16-28)13-18-11-12-25(26(14-18)32-2)33-27(30)15-20-17-29-23-9-5-3-7-21(20)23/h3-14,17,29H,15H2,1-2H3/b19-13-. The van der Waals surface area contributed by atoms with Crippen LogP contribution in [0.5, 0.6) is 17.2 Å². The number of para-hydroxylation sites is 2. The number of allylic oxidation sites excluding steroid dienone is 1. The Morgan fingerprint density at radius 2 is 1.73 bits per heavy atom. The topological polar surface area (TPSA) is 84.3 Å². The number of fused-ring (bicyclic) bond motifs is 1. The molecule has 4 aromatic rings. The van der Waals surface area contributed by atoms with Gasteiger partial charge in [0.25, 0.3) is 0 Å². The molecule has 0 fully saturated rings. The van der Waals surface area contributed by atoms with Gasteiger partial charge in [0.2, 0.25) is 0 Å². The summed E-state index contributed by atoms with van der Waals surface area (Å²) in [6.07, 6.45) is 3.68. The largest absolute Gasteiger partial charge is 0.496 e. The number of methoxy groups -OCH3 is 2. The van der Waals surface area contributed by atoms with Gasteiger partial charge in [-0.05, 0) is 47.5 Å². The van der Waals surface area contributed by atoms with Gasteiger partial charge in [-0.3, -0.25) is 4.79 Å². The molecule has 3 aromatic carbocycles. The first kappa shape index (κ1) is 21.7. The van der Waals surface area contributed by atoms with E-state index in [-0.39, 0.29) is 6.42 Å². The first-order valence-electron chi connectivity index (χ1n) is 10.3. The number of nitriles is 1. The van der Waals surface area contributed by atoms with Crippen LogP contribution in [0, 0.1) is 11.3 Å². The number of nitrogens with zero attached hydrogens (tertiary/aromatic N) is 1. The maximum absolute atomic E-state index is 12.6. The molecule has 33 heavy (non-hydrogen) atoms. The number of aromatic nitrogens is 1. The molecule has 0 spiro atoms. The molecule has 0 amide bonds. The zero-order chi connectivity index (χ0) is 23.2. The first-order chi connectivity index (χ1) is 16.1. The second kappa shape index (κ2) is 9.75. The number of carbonyl (C=O) groups is 1. The van der Waals surface area contributed by atoms with Crippen molar-refractivity contribution in [1.29, 1.82) is 5.26 Å². The third kappa shape index (κ3) is 4.73. The Balaban J connectivity index is 1.56. The summed E-state index contributed by atoms with van der Waals surface area (Å²) >= 11 is 0. The fourth-order valence-electron chi connectivity index (χ4n) is 3.65. The quantitative estimate of drug-likeness (QED) is 0.181. The van der Waals surface area contributed by atoms with Crippen LogP contribution in [0.3, 0.4) is 0 Å². The minimum absolute atomic E-state index is 0.126. The van der Waals surface area contributed by atoms with Crippen LogP contribution in [0.1, 0.15) is 16.7 Å². The summed E-state index contributed by atoms with van der Waals surface area (Å²) in [6, 6.07) is 22.5. The van der Waals surface area contributed by atoms with Crippen molar-refractivity contribution < 1.29 is 19.0 Å². The Morgan fingerprint density at radius 3 is 2.52 bits per heavy atom. The average molecular weight is 438 g/mol. The molecule has 0 radical (unpaired) electrons. The molecule has 164 valence electrons. The number of rotatable bonds is 7. The zero-order valence-corrected chi connectivity index (χ0v) is 18.3. The molecule has 0 bridgehead atoms. The van der Waals surface area contributed by atoms with Crippen molar-refractivity contribution in [1.82, 2.24) is 4.98 Å². The van der Waals surface area contributed by atoms with Gasteiger partial charge in [0, 0.05) is 22.7 Å². The van der Waals surface area contributed by atoms with Crippen molar-refractivity contribution >= 4 is 28.5 Å². The average Bonchev–Trinajstić information content (AvgIpc) is 3.25. The molecule has 1 N–H and O–H groups in total. The minimum atomic E-state index is -0.395. The summed E-state index contributed by atoms with van der Waals surface area (Å²) in [5.41, 5.74) is 3.70. The third-order valence-corrected chi connectivity index (χ3v) is 5.25. The molecule has 6 heteroatoms. The summed E-state index contributed by atoms with van der Waals surface area (Å²) in [5.74, 6) is 0.928. The normalized spacial score (nSPS) is 11.1. The Kier molecular flexibility index (Phi) is 6.42. The maximum atomic E-state index is 12.6. The number of hydrogen-bond donors (Lipinski definition) is 1. The van der Waals surface area contributed by atoms with Gasteiger partial charge in [0.05, 0.1) is 32.3 Å². The molecule has 6 nitrogen and oxygen atoms in total. The van der Waals surface area contributed by atoms with E-state index in [1.54, 1.807) is 37.5 Å². The molecule has 0 aliphatic heterocycles. The molecule has 0 aliphatic rings. The van der Waals surface area contributed by atoms with E-state index in [0.717, 1.165) is 22.0 Å². The number of esters is 1. The van der Waals surface area contributed by atoms with Crippen molar-refractivity contribution in [2.75, 3.05) is 14.2 Å². The van der Waals surface area contributed by atoms with Gasteiger partial charge in [-0.1, -0.05) is 36.4 Å². The predicted molar refractivity (Wildman–Crippen MR) is 127 cm³/mol. The molecule has 0 saturated carbocycles. The van der Waals surface area contributed by atoms with Gasteiger partial charge in [0.15, 0.2) is 11.5 Å². The fraction of sp³-hybridized carbons (Fsp3) is 0.111. The minimum Gasteiger partial charge on any atom is -0.496 e. The molecular weight excluding hydrogens is 416 g/mol. The lowest BCUT2D eigenvalue weighted by Gasteiger charge is -2.11. The molecule has 0 atom stereocenters. The van der Waals surface area contributed by atoms with Gasteiger partial charge in [-0.15, -0.1) is 0 Å². The zero-order valence-electron chi connectivity index (χ0n) is 18.3. The Hall–Kier alpha value is -4.50. The van der Waals surface area contributed by atoms with E-state index in [1.807, 2.05) is 48.7 Å². The van der Waals surface area contributed by atoms with E-state index in [0.29, 0.717) is 28.4 Å². The Morgan fingerprint density at radius 1 is 0.970 bits per heavy atom.